The normalized spacial score (nSPS) is 11.2. The van der Waals surface area contributed by atoms with Gasteiger partial charge in [0.1, 0.15) is 5.76 Å². The van der Waals surface area contributed by atoms with Gasteiger partial charge in [-0.3, -0.25) is 9.59 Å². The van der Waals surface area contributed by atoms with Gasteiger partial charge in [-0.25, -0.2) is 0 Å². The summed E-state index contributed by atoms with van der Waals surface area (Å²) in [5, 5.41) is 2.25. The Morgan fingerprint density at radius 3 is 2.48 bits per heavy atom. The van der Waals surface area contributed by atoms with Crippen molar-refractivity contribution in [1.29, 1.82) is 0 Å². The second-order valence-corrected chi connectivity index (χ2v) is 5.36. The fourth-order valence-corrected chi connectivity index (χ4v) is 2.23. The van der Waals surface area contributed by atoms with Crippen LogP contribution in [0.25, 0.3) is 0 Å². The first kappa shape index (κ1) is 18.6. The molecule has 0 aliphatic rings. The molecule has 0 saturated carbocycles. The number of carbonyl (C=O) groups excluding carboxylic acids is 2. The number of hydrogen-bond donors (Lipinski definition) is 1. The lowest BCUT2D eigenvalue weighted by Gasteiger charge is -2.20. The molecule has 0 fully saturated rings. The summed E-state index contributed by atoms with van der Waals surface area (Å²) in [4.78, 5) is 25.0. The number of nitrogens with one attached hydrogen (secondary N) is 1. The van der Waals surface area contributed by atoms with E-state index < -0.39 is 17.6 Å². The summed E-state index contributed by atoms with van der Waals surface area (Å²) in [6.07, 6.45) is -3.23. The molecule has 0 unspecified atom stereocenters. The third-order valence-corrected chi connectivity index (χ3v) is 3.49. The monoisotopic (exact) mass is 354 g/mol. The Bertz CT molecular complexity index is 727. The van der Waals surface area contributed by atoms with Gasteiger partial charge < -0.3 is 14.6 Å². The highest BCUT2D eigenvalue weighted by molar-refractivity contribution is 5.92. The number of furan rings is 1. The number of amides is 2. The molecule has 1 aromatic carbocycles. The van der Waals surface area contributed by atoms with Gasteiger partial charge in [0.2, 0.25) is 11.8 Å². The molecule has 0 radical (unpaired) electrons. The predicted molar refractivity (Wildman–Crippen MR) is 84.5 cm³/mol. The van der Waals surface area contributed by atoms with Gasteiger partial charge in [0, 0.05) is 19.9 Å². The number of nitrogens with zero attached hydrogens (tertiary/aromatic N) is 1. The maximum atomic E-state index is 12.9. The standard InChI is InChI=1S/C17H17F3N2O3/c1-12(23)22(11-13-5-4-10-25-13)9-8-16(24)21-15-7-3-2-6-14(15)17(18,19)20/h2-7,10H,8-9,11H2,1H3,(H,21,24). The van der Waals surface area contributed by atoms with E-state index >= 15 is 0 Å². The lowest BCUT2D eigenvalue weighted by molar-refractivity contribution is -0.137. The highest BCUT2D eigenvalue weighted by atomic mass is 19.4. The van der Waals surface area contributed by atoms with E-state index in [-0.39, 0.29) is 31.1 Å². The molecule has 1 heterocycles. The lowest BCUT2D eigenvalue weighted by atomic mass is 10.1. The minimum Gasteiger partial charge on any atom is -0.467 e. The third kappa shape index (κ3) is 5.37. The van der Waals surface area contributed by atoms with Crippen LogP contribution in [0.15, 0.2) is 47.1 Å². The average molecular weight is 354 g/mol. The van der Waals surface area contributed by atoms with Crippen molar-refractivity contribution >= 4 is 17.5 Å². The van der Waals surface area contributed by atoms with Crippen molar-refractivity contribution in [3.63, 3.8) is 0 Å². The number of carbonyl (C=O) groups is 2. The average Bonchev–Trinajstić information content (AvgIpc) is 3.03. The largest absolute Gasteiger partial charge is 0.467 e. The number of para-hydroxylation sites is 1. The molecule has 5 nitrogen and oxygen atoms in total. The van der Waals surface area contributed by atoms with Crippen LogP contribution in [0, 0.1) is 0 Å². The zero-order chi connectivity index (χ0) is 18.4. The predicted octanol–water partition coefficient (Wildman–Crippen LogP) is 3.68. The van der Waals surface area contributed by atoms with Crippen molar-refractivity contribution in [3.05, 3.63) is 54.0 Å². The van der Waals surface area contributed by atoms with Crippen LogP contribution in [0.5, 0.6) is 0 Å². The molecule has 8 heteroatoms. The Morgan fingerprint density at radius 2 is 1.88 bits per heavy atom. The van der Waals surface area contributed by atoms with E-state index in [4.69, 9.17) is 4.42 Å². The van der Waals surface area contributed by atoms with Crippen LogP contribution in [0.4, 0.5) is 18.9 Å². The molecule has 2 rings (SSSR count). The Kier molecular flexibility index (Phi) is 5.84. The molecule has 25 heavy (non-hydrogen) atoms. The first-order chi connectivity index (χ1) is 11.8. The summed E-state index contributed by atoms with van der Waals surface area (Å²) in [5.74, 6) is -0.319. The zero-order valence-electron chi connectivity index (χ0n) is 13.5. The molecule has 0 saturated heterocycles. The summed E-state index contributed by atoms with van der Waals surface area (Å²) >= 11 is 0. The smallest absolute Gasteiger partial charge is 0.418 e. The quantitative estimate of drug-likeness (QED) is 0.861. The topological polar surface area (TPSA) is 62.6 Å². The highest BCUT2D eigenvalue weighted by Crippen LogP contribution is 2.34. The number of hydrogen-bond acceptors (Lipinski definition) is 3. The van der Waals surface area contributed by atoms with E-state index in [1.165, 1.54) is 36.3 Å². The Labute approximate surface area is 142 Å². The van der Waals surface area contributed by atoms with Gasteiger partial charge in [-0.05, 0) is 24.3 Å². The molecule has 1 N–H and O–H groups in total. The summed E-state index contributed by atoms with van der Waals surface area (Å²) in [6.45, 7) is 1.60. The van der Waals surface area contributed by atoms with E-state index in [0.29, 0.717) is 5.76 Å². The van der Waals surface area contributed by atoms with Gasteiger partial charge in [-0.15, -0.1) is 0 Å². The summed E-state index contributed by atoms with van der Waals surface area (Å²) in [6, 6.07) is 8.10. The van der Waals surface area contributed by atoms with Crippen LogP contribution in [-0.2, 0) is 22.3 Å². The van der Waals surface area contributed by atoms with E-state index in [0.717, 1.165) is 6.07 Å². The highest BCUT2D eigenvalue weighted by Gasteiger charge is 2.33. The van der Waals surface area contributed by atoms with Crippen molar-refractivity contribution in [3.8, 4) is 0 Å². The van der Waals surface area contributed by atoms with Gasteiger partial charge in [-0.1, -0.05) is 12.1 Å². The SMILES string of the molecule is CC(=O)N(CCC(=O)Nc1ccccc1C(F)(F)F)Cc1ccco1. The van der Waals surface area contributed by atoms with Crippen molar-refractivity contribution in [2.45, 2.75) is 26.1 Å². The van der Waals surface area contributed by atoms with Crippen LogP contribution in [0.3, 0.4) is 0 Å². The van der Waals surface area contributed by atoms with Crippen molar-refractivity contribution in [1.82, 2.24) is 4.90 Å². The number of alkyl halides is 3. The number of rotatable bonds is 6. The Balaban J connectivity index is 1.97. The minimum atomic E-state index is -4.56. The van der Waals surface area contributed by atoms with Crippen molar-refractivity contribution in [2.24, 2.45) is 0 Å². The van der Waals surface area contributed by atoms with Gasteiger partial charge in [-0.2, -0.15) is 13.2 Å². The van der Waals surface area contributed by atoms with E-state index in [1.807, 2.05) is 0 Å². The fraction of sp³-hybridized carbons (Fsp3) is 0.294. The summed E-state index contributed by atoms with van der Waals surface area (Å²) in [5.41, 5.74) is -1.22. The molecular weight excluding hydrogens is 337 g/mol. The van der Waals surface area contributed by atoms with E-state index in [1.54, 1.807) is 12.1 Å². The van der Waals surface area contributed by atoms with Crippen molar-refractivity contribution in [2.75, 3.05) is 11.9 Å². The first-order valence-corrected chi connectivity index (χ1v) is 7.51. The van der Waals surface area contributed by atoms with Crippen LogP contribution in [0.2, 0.25) is 0 Å². The minimum absolute atomic E-state index is 0.0655. The number of halogens is 3. The molecular formula is C17H17F3N2O3. The fourth-order valence-electron chi connectivity index (χ4n) is 2.23. The molecule has 2 amide bonds. The van der Waals surface area contributed by atoms with Crippen LogP contribution >= 0.6 is 0 Å². The molecule has 134 valence electrons. The van der Waals surface area contributed by atoms with Gasteiger partial charge >= 0.3 is 6.18 Å². The molecule has 0 atom stereocenters. The molecule has 0 aliphatic heterocycles. The summed E-state index contributed by atoms with van der Waals surface area (Å²) < 4.78 is 43.9. The number of anilines is 1. The van der Waals surface area contributed by atoms with Crippen LogP contribution < -0.4 is 5.32 Å². The van der Waals surface area contributed by atoms with Crippen LogP contribution in [0.1, 0.15) is 24.7 Å². The third-order valence-electron chi connectivity index (χ3n) is 3.49. The number of benzene rings is 1. The second-order valence-electron chi connectivity index (χ2n) is 5.36. The molecule has 2 aromatic rings. The lowest BCUT2D eigenvalue weighted by Crippen LogP contribution is -2.31. The maximum Gasteiger partial charge on any atom is 0.418 e. The van der Waals surface area contributed by atoms with Gasteiger partial charge in [0.15, 0.2) is 0 Å². The van der Waals surface area contributed by atoms with Crippen molar-refractivity contribution < 1.29 is 27.2 Å². The first-order valence-electron chi connectivity index (χ1n) is 7.51. The van der Waals surface area contributed by atoms with E-state index in [9.17, 15) is 22.8 Å². The zero-order valence-corrected chi connectivity index (χ0v) is 13.5. The van der Waals surface area contributed by atoms with Gasteiger partial charge in [0.25, 0.3) is 0 Å². The maximum absolute atomic E-state index is 12.9. The second kappa shape index (κ2) is 7.87. The Hall–Kier alpha value is -2.77. The molecule has 0 aliphatic carbocycles. The molecule has 0 bridgehead atoms. The van der Waals surface area contributed by atoms with E-state index in [2.05, 4.69) is 5.32 Å². The Morgan fingerprint density at radius 1 is 1.16 bits per heavy atom. The van der Waals surface area contributed by atoms with Crippen LogP contribution in [-0.4, -0.2) is 23.3 Å². The molecule has 1 aromatic heterocycles. The van der Waals surface area contributed by atoms with Gasteiger partial charge in [0.05, 0.1) is 24.1 Å². The summed E-state index contributed by atoms with van der Waals surface area (Å²) in [7, 11) is 0. The molecule has 0 spiro atoms.